The number of hydrogen-bond donors (Lipinski definition) is 1. The molecular formula is C28H20FN5O2. The second-order valence-corrected chi connectivity index (χ2v) is 8.10. The van der Waals surface area contributed by atoms with Gasteiger partial charge in [0.05, 0.1) is 16.8 Å². The van der Waals surface area contributed by atoms with E-state index >= 15 is 0 Å². The molecule has 0 unspecified atom stereocenters. The molecule has 5 rings (SSSR count). The predicted molar refractivity (Wildman–Crippen MR) is 132 cm³/mol. The number of nitrogens with zero attached hydrogens (tertiary/aromatic N) is 4. The molecule has 0 radical (unpaired) electrons. The number of benzene rings is 3. The molecular weight excluding hydrogens is 457 g/mol. The topological polar surface area (TPSA) is 92.8 Å². The minimum atomic E-state index is -0.614. The van der Waals surface area contributed by atoms with Gasteiger partial charge in [0.1, 0.15) is 23.4 Å². The average molecular weight is 477 g/mol. The van der Waals surface area contributed by atoms with E-state index in [1.807, 2.05) is 37.4 Å². The molecule has 1 amide bonds. The quantitative estimate of drug-likeness (QED) is 0.350. The second kappa shape index (κ2) is 9.68. The summed E-state index contributed by atoms with van der Waals surface area (Å²) in [5, 5.41) is 16.7. The molecule has 176 valence electrons. The van der Waals surface area contributed by atoms with Crippen molar-refractivity contribution in [1.29, 1.82) is 5.26 Å². The van der Waals surface area contributed by atoms with Gasteiger partial charge in [-0.05, 0) is 67.1 Å². The predicted octanol–water partition coefficient (Wildman–Crippen LogP) is 5.46. The highest BCUT2D eigenvalue weighted by molar-refractivity contribution is 5.96. The molecule has 0 aliphatic rings. The number of pyridine rings is 1. The summed E-state index contributed by atoms with van der Waals surface area (Å²) in [5.41, 5.74) is 3.27. The Morgan fingerprint density at radius 3 is 2.75 bits per heavy atom. The molecule has 0 aliphatic heterocycles. The van der Waals surface area contributed by atoms with Gasteiger partial charge in [0.15, 0.2) is 0 Å². The SMILES string of the molecule is Cc1c(Oc2ccnc3cc(-n4cccn4)ccc23)cccc1C(=O)NCc1ccc(C#N)c(F)c1. The highest BCUT2D eigenvalue weighted by atomic mass is 19.1. The zero-order valence-electron chi connectivity index (χ0n) is 19.3. The Balaban J connectivity index is 1.36. The number of halogens is 1. The van der Waals surface area contributed by atoms with Gasteiger partial charge in [0, 0.05) is 41.6 Å². The Labute approximate surface area is 206 Å². The fourth-order valence-electron chi connectivity index (χ4n) is 3.89. The molecule has 3 aromatic carbocycles. The fourth-order valence-corrected chi connectivity index (χ4v) is 3.89. The van der Waals surface area contributed by atoms with Crippen molar-refractivity contribution >= 4 is 16.8 Å². The molecule has 0 aliphatic carbocycles. The molecule has 0 saturated carbocycles. The molecule has 0 bridgehead atoms. The first-order chi connectivity index (χ1) is 17.5. The van der Waals surface area contributed by atoms with Crippen molar-refractivity contribution in [2.24, 2.45) is 0 Å². The van der Waals surface area contributed by atoms with Crippen LogP contribution in [0.15, 0.2) is 85.3 Å². The van der Waals surface area contributed by atoms with Crippen LogP contribution in [0.25, 0.3) is 16.6 Å². The Bertz CT molecular complexity index is 1620. The van der Waals surface area contributed by atoms with Crippen LogP contribution in [0.1, 0.15) is 27.0 Å². The van der Waals surface area contributed by atoms with E-state index in [0.717, 1.165) is 16.6 Å². The molecule has 0 fully saturated rings. The van der Waals surface area contributed by atoms with Crippen molar-refractivity contribution in [2.45, 2.75) is 13.5 Å². The molecule has 0 saturated heterocycles. The van der Waals surface area contributed by atoms with Crippen LogP contribution in [0.4, 0.5) is 4.39 Å². The number of nitriles is 1. The number of fused-ring (bicyclic) bond motifs is 1. The van der Waals surface area contributed by atoms with Crippen LogP contribution < -0.4 is 10.1 Å². The maximum absolute atomic E-state index is 13.9. The number of carbonyl (C=O) groups excluding carboxylic acids is 1. The maximum Gasteiger partial charge on any atom is 0.251 e. The summed E-state index contributed by atoms with van der Waals surface area (Å²) >= 11 is 0. The summed E-state index contributed by atoms with van der Waals surface area (Å²) < 4.78 is 21.8. The third kappa shape index (κ3) is 4.50. The molecule has 36 heavy (non-hydrogen) atoms. The maximum atomic E-state index is 13.9. The first-order valence-corrected chi connectivity index (χ1v) is 11.2. The summed E-state index contributed by atoms with van der Waals surface area (Å²) in [4.78, 5) is 17.3. The first-order valence-electron chi connectivity index (χ1n) is 11.2. The third-order valence-corrected chi connectivity index (χ3v) is 5.81. The number of nitrogens with one attached hydrogen (secondary N) is 1. The van der Waals surface area contributed by atoms with Gasteiger partial charge in [-0.15, -0.1) is 0 Å². The van der Waals surface area contributed by atoms with Crippen LogP contribution in [-0.2, 0) is 6.54 Å². The lowest BCUT2D eigenvalue weighted by Gasteiger charge is -2.14. The third-order valence-electron chi connectivity index (χ3n) is 5.81. The highest BCUT2D eigenvalue weighted by Gasteiger charge is 2.15. The van der Waals surface area contributed by atoms with Gasteiger partial charge in [-0.2, -0.15) is 10.4 Å². The van der Waals surface area contributed by atoms with Crippen molar-refractivity contribution in [2.75, 3.05) is 0 Å². The molecule has 7 nitrogen and oxygen atoms in total. The highest BCUT2D eigenvalue weighted by Crippen LogP contribution is 2.32. The molecule has 1 N–H and O–H groups in total. The van der Waals surface area contributed by atoms with Crippen molar-refractivity contribution in [3.8, 4) is 23.3 Å². The van der Waals surface area contributed by atoms with Crippen LogP contribution in [0.2, 0.25) is 0 Å². The van der Waals surface area contributed by atoms with E-state index in [2.05, 4.69) is 15.4 Å². The summed E-state index contributed by atoms with van der Waals surface area (Å²) in [7, 11) is 0. The number of rotatable bonds is 6. The number of hydrogen-bond acceptors (Lipinski definition) is 5. The minimum absolute atomic E-state index is 0.0352. The zero-order valence-corrected chi connectivity index (χ0v) is 19.3. The lowest BCUT2D eigenvalue weighted by atomic mass is 10.1. The number of amides is 1. The smallest absolute Gasteiger partial charge is 0.251 e. The minimum Gasteiger partial charge on any atom is -0.456 e. The largest absolute Gasteiger partial charge is 0.456 e. The zero-order chi connectivity index (χ0) is 25.1. The van der Waals surface area contributed by atoms with Crippen molar-refractivity contribution in [3.63, 3.8) is 0 Å². The summed E-state index contributed by atoms with van der Waals surface area (Å²) in [6.07, 6.45) is 5.25. The van der Waals surface area contributed by atoms with Crippen LogP contribution >= 0.6 is 0 Å². The summed E-state index contributed by atoms with van der Waals surface area (Å²) in [6, 6.07) is 20.7. The van der Waals surface area contributed by atoms with E-state index in [-0.39, 0.29) is 18.0 Å². The van der Waals surface area contributed by atoms with Crippen LogP contribution in [0, 0.1) is 24.1 Å². The monoisotopic (exact) mass is 477 g/mol. The van der Waals surface area contributed by atoms with E-state index in [9.17, 15) is 9.18 Å². The molecule has 2 heterocycles. The van der Waals surface area contributed by atoms with Crippen molar-refractivity contribution in [1.82, 2.24) is 20.1 Å². The van der Waals surface area contributed by atoms with E-state index in [0.29, 0.717) is 28.2 Å². The molecule has 0 atom stereocenters. The van der Waals surface area contributed by atoms with Gasteiger partial charge in [-0.3, -0.25) is 9.78 Å². The Hall–Kier alpha value is -5.03. The van der Waals surface area contributed by atoms with E-state index in [4.69, 9.17) is 10.00 Å². The van der Waals surface area contributed by atoms with Crippen LogP contribution in [-0.4, -0.2) is 20.7 Å². The number of aromatic nitrogens is 3. The average Bonchev–Trinajstić information content (AvgIpc) is 3.44. The van der Waals surface area contributed by atoms with Gasteiger partial charge in [-0.1, -0.05) is 12.1 Å². The lowest BCUT2D eigenvalue weighted by molar-refractivity contribution is 0.0950. The molecule has 2 aromatic heterocycles. The second-order valence-electron chi connectivity index (χ2n) is 8.10. The van der Waals surface area contributed by atoms with E-state index in [1.165, 1.54) is 12.1 Å². The standard InChI is InChI=1S/C28H20FN5O2/c1-18-22(28(35)32-17-19-6-7-20(16-30)24(29)14-19)4-2-5-26(18)36-27-10-12-31-25-15-21(8-9-23(25)27)34-13-3-11-33-34/h2-15H,17H2,1H3,(H,32,35). The van der Waals surface area contributed by atoms with E-state index in [1.54, 1.807) is 53.5 Å². The van der Waals surface area contributed by atoms with Crippen LogP contribution in [0.5, 0.6) is 11.5 Å². The van der Waals surface area contributed by atoms with Gasteiger partial charge in [0.25, 0.3) is 5.91 Å². The van der Waals surface area contributed by atoms with E-state index < -0.39 is 5.82 Å². The summed E-state index contributed by atoms with van der Waals surface area (Å²) in [5.74, 6) is 0.222. The normalized spacial score (nSPS) is 10.7. The van der Waals surface area contributed by atoms with Crippen molar-refractivity contribution in [3.05, 3.63) is 113 Å². The van der Waals surface area contributed by atoms with Gasteiger partial charge in [0.2, 0.25) is 0 Å². The Kier molecular flexibility index (Phi) is 6.12. The number of carbonyl (C=O) groups is 1. The fraction of sp³-hybridized carbons (Fsp3) is 0.0714. The summed E-state index contributed by atoms with van der Waals surface area (Å²) in [6.45, 7) is 1.93. The van der Waals surface area contributed by atoms with Gasteiger partial charge in [-0.25, -0.2) is 9.07 Å². The molecule has 5 aromatic rings. The number of ether oxygens (including phenoxy) is 1. The lowest BCUT2D eigenvalue weighted by Crippen LogP contribution is -2.23. The Morgan fingerprint density at radius 2 is 1.97 bits per heavy atom. The van der Waals surface area contributed by atoms with Gasteiger partial charge < -0.3 is 10.1 Å². The van der Waals surface area contributed by atoms with Gasteiger partial charge >= 0.3 is 0 Å². The first kappa shape index (κ1) is 22.7. The van der Waals surface area contributed by atoms with Crippen molar-refractivity contribution < 1.29 is 13.9 Å². The molecule has 8 heteroatoms. The Morgan fingerprint density at radius 1 is 1.08 bits per heavy atom. The van der Waals surface area contributed by atoms with Crippen LogP contribution in [0.3, 0.4) is 0 Å². The molecule has 0 spiro atoms.